The van der Waals surface area contributed by atoms with E-state index in [1.807, 2.05) is 50.2 Å². The fourth-order valence-electron chi connectivity index (χ4n) is 2.87. The molecule has 0 amide bonds. The van der Waals surface area contributed by atoms with Crippen LogP contribution in [0.25, 0.3) is 5.88 Å². The minimum atomic E-state index is 0.499. The number of hydrogen-bond acceptors (Lipinski definition) is 8. The van der Waals surface area contributed by atoms with Gasteiger partial charge in [0.15, 0.2) is 5.82 Å². The summed E-state index contributed by atoms with van der Waals surface area (Å²) >= 11 is 0. The second kappa shape index (κ2) is 8.05. The second-order valence-electron chi connectivity index (χ2n) is 6.49. The van der Waals surface area contributed by atoms with Gasteiger partial charge in [0.2, 0.25) is 0 Å². The van der Waals surface area contributed by atoms with E-state index in [9.17, 15) is 0 Å². The van der Waals surface area contributed by atoms with Crippen molar-refractivity contribution < 1.29 is 4.52 Å². The van der Waals surface area contributed by atoms with Gasteiger partial charge in [-0.25, -0.2) is 0 Å². The summed E-state index contributed by atoms with van der Waals surface area (Å²) in [6.45, 7) is 5.60. The van der Waals surface area contributed by atoms with E-state index in [0.29, 0.717) is 31.3 Å². The van der Waals surface area contributed by atoms with Crippen molar-refractivity contribution in [1.29, 1.82) is 0 Å². The number of aryl methyl sites for hydroxylation is 1. The summed E-state index contributed by atoms with van der Waals surface area (Å²) in [6.07, 6.45) is 3.58. The third-order valence-electron chi connectivity index (χ3n) is 4.45. The summed E-state index contributed by atoms with van der Waals surface area (Å²) in [5.41, 5.74) is 3.65. The van der Waals surface area contributed by atoms with Crippen molar-refractivity contribution >= 4 is 0 Å². The molecule has 9 heteroatoms. The number of pyridine rings is 2. The maximum absolute atomic E-state index is 5.43. The molecule has 0 saturated carbocycles. The Bertz CT molecular complexity index is 987. The standard InChI is InChI=1S/C19H20N8O/c1-14-15(2)23-28-19(14)27-18(22-24-25-27)13-26(11-16-7-3-5-9-20-16)12-17-8-4-6-10-21-17/h3-10H,11-13H2,1-2H3. The fourth-order valence-corrected chi connectivity index (χ4v) is 2.87. The third kappa shape index (κ3) is 3.94. The van der Waals surface area contributed by atoms with Crippen molar-refractivity contribution in [3.63, 3.8) is 0 Å². The molecule has 0 aliphatic carbocycles. The molecular formula is C19H20N8O. The summed E-state index contributed by atoms with van der Waals surface area (Å²) in [7, 11) is 0. The van der Waals surface area contributed by atoms with Crippen molar-refractivity contribution in [2.24, 2.45) is 0 Å². The highest BCUT2D eigenvalue weighted by atomic mass is 16.5. The predicted molar refractivity (Wildman–Crippen MR) is 100 cm³/mol. The summed E-state index contributed by atoms with van der Waals surface area (Å²) < 4.78 is 7.02. The number of aromatic nitrogens is 7. The van der Waals surface area contributed by atoms with E-state index in [1.165, 1.54) is 0 Å². The van der Waals surface area contributed by atoms with Crippen LogP contribution in [0.15, 0.2) is 53.3 Å². The fraction of sp³-hybridized carbons (Fsp3) is 0.263. The zero-order valence-corrected chi connectivity index (χ0v) is 15.7. The molecular weight excluding hydrogens is 356 g/mol. The first-order valence-corrected chi connectivity index (χ1v) is 8.93. The second-order valence-corrected chi connectivity index (χ2v) is 6.49. The maximum atomic E-state index is 5.43. The molecule has 0 fully saturated rings. The van der Waals surface area contributed by atoms with Gasteiger partial charge in [0.05, 0.1) is 23.6 Å². The first-order valence-electron chi connectivity index (χ1n) is 8.93. The molecule has 0 bridgehead atoms. The number of hydrogen-bond donors (Lipinski definition) is 0. The lowest BCUT2D eigenvalue weighted by atomic mass is 10.2. The van der Waals surface area contributed by atoms with Gasteiger partial charge in [-0.3, -0.25) is 14.9 Å². The van der Waals surface area contributed by atoms with E-state index in [1.54, 1.807) is 17.1 Å². The van der Waals surface area contributed by atoms with Crippen LogP contribution in [0.2, 0.25) is 0 Å². The molecule has 0 saturated heterocycles. The molecule has 0 aromatic carbocycles. The van der Waals surface area contributed by atoms with Crippen LogP contribution in [-0.2, 0) is 19.6 Å². The van der Waals surface area contributed by atoms with Crippen LogP contribution in [0.3, 0.4) is 0 Å². The van der Waals surface area contributed by atoms with Crippen LogP contribution in [0.1, 0.15) is 28.5 Å². The van der Waals surface area contributed by atoms with E-state index in [4.69, 9.17) is 4.52 Å². The Morgan fingerprint density at radius 1 is 0.929 bits per heavy atom. The van der Waals surface area contributed by atoms with E-state index in [2.05, 4.69) is 35.5 Å². The SMILES string of the molecule is Cc1noc(-n2nnnc2CN(Cc2ccccn2)Cc2ccccn2)c1C. The van der Waals surface area contributed by atoms with Gasteiger partial charge in [-0.2, -0.15) is 4.68 Å². The molecule has 0 aliphatic rings. The largest absolute Gasteiger partial charge is 0.336 e. The summed E-state index contributed by atoms with van der Waals surface area (Å²) in [5, 5.41) is 16.1. The van der Waals surface area contributed by atoms with Gasteiger partial charge in [0.25, 0.3) is 5.88 Å². The smallest absolute Gasteiger partial charge is 0.257 e. The average Bonchev–Trinajstić information content (AvgIpc) is 3.30. The molecule has 4 heterocycles. The Labute approximate surface area is 162 Å². The quantitative estimate of drug-likeness (QED) is 0.484. The van der Waals surface area contributed by atoms with Gasteiger partial charge >= 0.3 is 0 Å². The lowest BCUT2D eigenvalue weighted by molar-refractivity contribution is 0.232. The van der Waals surface area contributed by atoms with Crippen LogP contribution in [0.5, 0.6) is 0 Å². The van der Waals surface area contributed by atoms with Gasteiger partial charge in [-0.15, -0.1) is 5.10 Å². The number of rotatable bonds is 7. The first kappa shape index (κ1) is 17.9. The summed E-state index contributed by atoms with van der Waals surface area (Å²) in [5.74, 6) is 1.19. The number of nitrogens with zero attached hydrogens (tertiary/aromatic N) is 8. The lowest BCUT2D eigenvalue weighted by Crippen LogP contribution is -2.25. The molecule has 0 radical (unpaired) electrons. The first-order chi connectivity index (χ1) is 13.7. The predicted octanol–water partition coefficient (Wildman–Crippen LogP) is 2.26. The Hall–Kier alpha value is -3.46. The highest BCUT2D eigenvalue weighted by molar-refractivity contribution is 5.31. The summed E-state index contributed by atoms with van der Waals surface area (Å²) in [4.78, 5) is 11.1. The highest BCUT2D eigenvalue weighted by Crippen LogP contribution is 2.18. The molecule has 4 rings (SSSR count). The van der Waals surface area contributed by atoms with Crippen molar-refractivity contribution in [2.45, 2.75) is 33.5 Å². The van der Waals surface area contributed by atoms with E-state index in [0.717, 1.165) is 22.6 Å². The molecule has 4 aromatic rings. The van der Waals surface area contributed by atoms with Crippen LogP contribution < -0.4 is 0 Å². The Kier molecular flexibility index (Phi) is 5.16. The van der Waals surface area contributed by atoms with Crippen molar-refractivity contribution in [1.82, 2.24) is 40.2 Å². The number of tetrazole rings is 1. The van der Waals surface area contributed by atoms with Crippen molar-refractivity contribution in [3.05, 3.63) is 77.3 Å². The van der Waals surface area contributed by atoms with Gasteiger partial charge in [0, 0.05) is 31.0 Å². The Balaban J connectivity index is 1.61. The van der Waals surface area contributed by atoms with Crippen LogP contribution in [0.4, 0.5) is 0 Å². The summed E-state index contributed by atoms with van der Waals surface area (Å²) in [6, 6.07) is 11.8. The van der Waals surface area contributed by atoms with Crippen LogP contribution in [-0.4, -0.2) is 40.2 Å². The monoisotopic (exact) mass is 376 g/mol. The van der Waals surface area contributed by atoms with Crippen molar-refractivity contribution in [3.8, 4) is 5.88 Å². The topological polar surface area (TPSA) is 98.6 Å². The zero-order chi connectivity index (χ0) is 19.3. The van der Waals surface area contributed by atoms with E-state index in [-0.39, 0.29) is 0 Å². The minimum Gasteiger partial charge on any atom is -0.336 e. The van der Waals surface area contributed by atoms with Crippen LogP contribution in [0, 0.1) is 13.8 Å². The molecule has 0 N–H and O–H groups in total. The molecule has 0 unspecified atom stereocenters. The normalized spacial score (nSPS) is 11.2. The average molecular weight is 376 g/mol. The van der Waals surface area contributed by atoms with Gasteiger partial charge in [-0.1, -0.05) is 17.3 Å². The van der Waals surface area contributed by atoms with E-state index < -0.39 is 0 Å². The van der Waals surface area contributed by atoms with E-state index >= 15 is 0 Å². The molecule has 0 spiro atoms. The third-order valence-corrected chi connectivity index (χ3v) is 4.45. The maximum Gasteiger partial charge on any atom is 0.257 e. The Morgan fingerprint density at radius 2 is 1.61 bits per heavy atom. The minimum absolute atomic E-state index is 0.499. The molecule has 4 aromatic heterocycles. The van der Waals surface area contributed by atoms with Crippen molar-refractivity contribution in [2.75, 3.05) is 0 Å². The molecule has 28 heavy (non-hydrogen) atoms. The molecule has 142 valence electrons. The van der Waals surface area contributed by atoms with Gasteiger partial charge < -0.3 is 4.52 Å². The molecule has 0 aliphatic heterocycles. The van der Waals surface area contributed by atoms with Gasteiger partial charge in [-0.05, 0) is 48.5 Å². The Morgan fingerprint density at radius 3 is 2.14 bits per heavy atom. The van der Waals surface area contributed by atoms with Crippen LogP contribution >= 0.6 is 0 Å². The zero-order valence-electron chi connectivity index (χ0n) is 15.7. The lowest BCUT2D eigenvalue weighted by Gasteiger charge is -2.20. The molecule has 9 nitrogen and oxygen atoms in total. The highest BCUT2D eigenvalue weighted by Gasteiger charge is 2.19. The van der Waals surface area contributed by atoms with Gasteiger partial charge in [0.1, 0.15) is 0 Å². The molecule has 0 atom stereocenters.